The van der Waals surface area contributed by atoms with Crippen LogP contribution in [0.3, 0.4) is 0 Å². The van der Waals surface area contributed by atoms with Crippen LogP contribution in [-0.4, -0.2) is 35.1 Å². The highest BCUT2D eigenvalue weighted by atomic mass is 32.1. The number of carbonyl (C=O) groups is 2. The van der Waals surface area contributed by atoms with Crippen LogP contribution in [0.2, 0.25) is 0 Å². The van der Waals surface area contributed by atoms with Crippen LogP contribution in [0, 0.1) is 11.8 Å². The van der Waals surface area contributed by atoms with Crippen molar-refractivity contribution in [1.29, 1.82) is 0 Å². The number of benzene rings is 1. The third-order valence-electron chi connectivity index (χ3n) is 6.42. The Labute approximate surface area is 200 Å². The van der Waals surface area contributed by atoms with Crippen LogP contribution in [0.25, 0.3) is 10.2 Å². The molecule has 1 saturated carbocycles. The number of nitrogens with zero attached hydrogens (tertiary/aromatic N) is 2. The molecule has 180 valence electrons. The van der Waals surface area contributed by atoms with E-state index in [1.54, 1.807) is 49.9 Å². The normalized spacial score (nSPS) is 17.9. The standard InChI is InChI=1S/C24H28N4O5S/c1-25-22(30)16-5-3-15(4-6-16)13-28-23(31)21-19(11-12-34-21)27(24(28)32)14-20(29)26-17-7-9-18(33-2)10-8-17/h7-12,15-16H,3-6,13-14H2,1-2H3,(H,25,30)(H,26,29). The maximum absolute atomic E-state index is 13.3. The lowest BCUT2D eigenvalue weighted by Gasteiger charge is -2.27. The highest BCUT2D eigenvalue weighted by Crippen LogP contribution is 2.29. The number of rotatable bonds is 7. The van der Waals surface area contributed by atoms with Gasteiger partial charge in [0.25, 0.3) is 5.56 Å². The molecular weight excluding hydrogens is 456 g/mol. The molecule has 0 spiro atoms. The molecular formula is C24H28N4O5S. The molecule has 2 amide bonds. The second-order valence-electron chi connectivity index (χ2n) is 8.53. The highest BCUT2D eigenvalue weighted by Gasteiger charge is 2.27. The van der Waals surface area contributed by atoms with Gasteiger partial charge in [0.05, 0.1) is 12.6 Å². The minimum atomic E-state index is -0.491. The second kappa shape index (κ2) is 10.3. The van der Waals surface area contributed by atoms with Crippen molar-refractivity contribution in [2.75, 3.05) is 19.5 Å². The van der Waals surface area contributed by atoms with Crippen LogP contribution < -0.4 is 26.6 Å². The van der Waals surface area contributed by atoms with Gasteiger partial charge in [0.15, 0.2) is 0 Å². The summed E-state index contributed by atoms with van der Waals surface area (Å²) >= 11 is 1.26. The summed E-state index contributed by atoms with van der Waals surface area (Å²) in [5, 5.41) is 7.23. The average molecular weight is 485 g/mol. The summed E-state index contributed by atoms with van der Waals surface area (Å²) in [4.78, 5) is 51.1. The van der Waals surface area contributed by atoms with Crippen molar-refractivity contribution in [3.8, 4) is 5.75 Å². The first kappa shape index (κ1) is 23.7. The molecule has 1 fully saturated rings. The zero-order valence-corrected chi connectivity index (χ0v) is 20.0. The van der Waals surface area contributed by atoms with Gasteiger partial charge in [-0.25, -0.2) is 4.79 Å². The lowest BCUT2D eigenvalue weighted by atomic mass is 9.81. The van der Waals surface area contributed by atoms with Gasteiger partial charge in [-0.1, -0.05) is 0 Å². The molecule has 1 aromatic carbocycles. The number of ether oxygens (including phenoxy) is 1. The van der Waals surface area contributed by atoms with E-state index in [4.69, 9.17) is 4.74 Å². The Morgan fingerprint density at radius 2 is 1.76 bits per heavy atom. The quantitative estimate of drug-likeness (QED) is 0.535. The molecule has 2 aromatic heterocycles. The molecule has 10 heteroatoms. The summed E-state index contributed by atoms with van der Waals surface area (Å²) in [5.74, 6) is 0.462. The first-order chi connectivity index (χ1) is 16.4. The molecule has 1 aliphatic carbocycles. The summed E-state index contributed by atoms with van der Waals surface area (Å²) in [7, 11) is 3.20. The van der Waals surface area contributed by atoms with Crippen molar-refractivity contribution in [3.63, 3.8) is 0 Å². The Bertz CT molecular complexity index is 1300. The fourth-order valence-corrected chi connectivity index (χ4v) is 5.38. The zero-order valence-electron chi connectivity index (χ0n) is 19.2. The average Bonchev–Trinajstić information content (AvgIpc) is 3.35. The maximum Gasteiger partial charge on any atom is 0.332 e. The van der Waals surface area contributed by atoms with Gasteiger partial charge >= 0.3 is 5.69 Å². The molecule has 0 unspecified atom stereocenters. The van der Waals surface area contributed by atoms with E-state index in [1.165, 1.54) is 20.5 Å². The molecule has 0 aliphatic heterocycles. The van der Waals surface area contributed by atoms with Crippen LogP contribution in [0.4, 0.5) is 5.69 Å². The number of thiophene rings is 1. The predicted octanol–water partition coefficient (Wildman–Crippen LogP) is 2.42. The van der Waals surface area contributed by atoms with Gasteiger partial charge in [-0.05, 0) is 67.3 Å². The van der Waals surface area contributed by atoms with E-state index in [0.29, 0.717) is 21.7 Å². The molecule has 0 atom stereocenters. The van der Waals surface area contributed by atoms with Gasteiger partial charge in [-0.3, -0.25) is 23.5 Å². The summed E-state index contributed by atoms with van der Waals surface area (Å²) in [6, 6.07) is 8.60. The Morgan fingerprint density at radius 1 is 1.06 bits per heavy atom. The molecule has 2 N–H and O–H groups in total. The Hall–Kier alpha value is -3.40. The van der Waals surface area contributed by atoms with Gasteiger partial charge in [-0.2, -0.15) is 0 Å². The van der Waals surface area contributed by atoms with Crippen molar-refractivity contribution in [1.82, 2.24) is 14.5 Å². The highest BCUT2D eigenvalue weighted by molar-refractivity contribution is 7.17. The van der Waals surface area contributed by atoms with Crippen LogP contribution in [0.5, 0.6) is 5.75 Å². The molecule has 34 heavy (non-hydrogen) atoms. The van der Waals surface area contributed by atoms with Gasteiger partial charge in [-0.15, -0.1) is 11.3 Å². The van der Waals surface area contributed by atoms with Gasteiger partial charge < -0.3 is 15.4 Å². The van der Waals surface area contributed by atoms with Crippen LogP contribution in [0.1, 0.15) is 25.7 Å². The van der Waals surface area contributed by atoms with Gasteiger partial charge in [0, 0.05) is 25.2 Å². The Balaban J connectivity index is 1.55. The van der Waals surface area contributed by atoms with Gasteiger partial charge in [0.2, 0.25) is 11.8 Å². The van der Waals surface area contributed by atoms with Crippen molar-refractivity contribution >= 4 is 39.1 Å². The van der Waals surface area contributed by atoms with E-state index in [9.17, 15) is 19.2 Å². The number of fused-ring (bicyclic) bond motifs is 1. The summed E-state index contributed by atoms with van der Waals surface area (Å²) in [6.07, 6.45) is 3.01. The maximum atomic E-state index is 13.3. The van der Waals surface area contributed by atoms with Gasteiger partial charge in [0.1, 0.15) is 17.0 Å². The lowest BCUT2D eigenvalue weighted by Crippen LogP contribution is -2.43. The van der Waals surface area contributed by atoms with E-state index in [1.807, 2.05) is 0 Å². The Kier molecular flexibility index (Phi) is 7.16. The molecule has 2 heterocycles. The monoisotopic (exact) mass is 484 g/mol. The van der Waals surface area contributed by atoms with Crippen LogP contribution in [0.15, 0.2) is 45.3 Å². The number of anilines is 1. The molecule has 0 radical (unpaired) electrons. The largest absolute Gasteiger partial charge is 0.497 e. The van der Waals surface area contributed by atoms with E-state index in [-0.39, 0.29) is 42.3 Å². The van der Waals surface area contributed by atoms with Crippen molar-refractivity contribution in [2.24, 2.45) is 11.8 Å². The Morgan fingerprint density at radius 3 is 2.41 bits per heavy atom. The first-order valence-electron chi connectivity index (χ1n) is 11.3. The molecule has 1 aliphatic rings. The number of aromatic nitrogens is 2. The zero-order chi connectivity index (χ0) is 24.2. The molecule has 0 saturated heterocycles. The first-order valence-corrected chi connectivity index (χ1v) is 12.2. The minimum absolute atomic E-state index is 0.0175. The van der Waals surface area contributed by atoms with Crippen LogP contribution in [-0.2, 0) is 22.7 Å². The van der Waals surface area contributed by atoms with E-state index < -0.39 is 5.69 Å². The third-order valence-corrected chi connectivity index (χ3v) is 7.31. The molecule has 9 nitrogen and oxygen atoms in total. The van der Waals surface area contributed by atoms with E-state index >= 15 is 0 Å². The number of hydrogen-bond acceptors (Lipinski definition) is 6. The number of amides is 2. The van der Waals surface area contributed by atoms with E-state index in [0.717, 1.165) is 25.7 Å². The summed E-state index contributed by atoms with van der Waals surface area (Å²) < 4.78 is 8.20. The van der Waals surface area contributed by atoms with E-state index in [2.05, 4.69) is 10.6 Å². The topological polar surface area (TPSA) is 111 Å². The van der Waals surface area contributed by atoms with Crippen molar-refractivity contribution < 1.29 is 14.3 Å². The number of methoxy groups -OCH3 is 1. The number of nitrogens with one attached hydrogen (secondary N) is 2. The summed E-state index contributed by atoms with van der Waals surface area (Å²) in [5.41, 5.74) is 0.232. The molecule has 4 rings (SSSR count). The number of hydrogen-bond donors (Lipinski definition) is 2. The smallest absolute Gasteiger partial charge is 0.332 e. The van der Waals surface area contributed by atoms with Crippen molar-refractivity contribution in [3.05, 3.63) is 56.5 Å². The third kappa shape index (κ3) is 4.91. The SMILES string of the molecule is CNC(=O)C1CCC(Cn2c(=O)c3sccc3n(CC(=O)Nc3ccc(OC)cc3)c2=O)CC1. The second-order valence-corrected chi connectivity index (χ2v) is 9.44. The van der Waals surface area contributed by atoms with Crippen molar-refractivity contribution in [2.45, 2.75) is 38.8 Å². The lowest BCUT2D eigenvalue weighted by molar-refractivity contribution is -0.125. The fourth-order valence-electron chi connectivity index (χ4n) is 4.54. The fraction of sp³-hybridized carbons (Fsp3) is 0.417. The van der Waals surface area contributed by atoms with Crippen LogP contribution >= 0.6 is 11.3 Å². The minimum Gasteiger partial charge on any atom is -0.497 e. The number of carbonyl (C=O) groups excluding carboxylic acids is 2. The predicted molar refractivity (Wildman–Crippen MR) is 131 cm³/mol. The molecule has 3 aromatic rings. The molecule has 0 bridgehead atoms. The summed E-state index contributed by atoms with van der Waals surface area (Å²) in [6.45, 7) is 0.0772.